The molecule has 0 aliphatic heterocycles. The normalized spacial score (nSPS) is 11.5. The summed E-state index contributed by atoms with van der Waals surface area (Å²) in [5.74, 6) is 0. The lowest BCUT2D eigenvalue weighted by Gasteiger charge is -2.15. The van der Waals surface area contributed by atoms with Gasteiger partial charge in [0.1, 0.15) is 0 Å². The number of aryl methyl sites for hydroxylation is 4. The fraction of sp³-hybridized carbons (Fsp3) is 0.118. The second-order valence-electron chi connectivity index (χ2n) is 9.79. The molecule has 0 nitrogen and oxygen atoms in total. The Morgan fingerprint density at radius 1 is 0.382 bits per heavy atom. The van der Waals surface area contributed by atoms with Gasteiger partial charge >= 0.3 is 0 Å². The van der Waals surface area contributed by atoms with E-state index in [1.165, 1.54) is 76.8 Å². The molecule has 0 N–H and O–H groups in total. The van der Waals surface area contributed by atoms with E-state index in [0.717, 1.165) is 0 Å². The van der Waals surface area contributed by atoms with Crippen LogP contribution in [0.1, 0.15) is 22.3 Å². The molecule has 34 heavy (non-hydrogen) atoms. The summed E-state index contributed by atoms with van der Waals surface area (Å²) in [5.41, 5.74) is 10.4. The van der Waals surface area contributed by atoms with E-state index >= 15 is 0 Å². The summed E-state index contributed by atoms with van der Waals surface area (Å²) in [4.78, 5) is 0. The molecule has 0 radical (unpaired) electrons. The van der Waals surface area contributed by atoms with Crippen molar-refractivity contribution in [3.8, 4) is 22.3 Å². The van der Waals surface area contributed by atoms with Crippen molar-refractivity contribution in [1.82, 2.24) is 0 Å². The Morgan fingerprint density at radius 2 is 0.765 bits per heavy atom. The van der Waals surface area contributed by atoms with Gasteiger partial charge in [-0.3, -0.25) is 0 Å². The molecule has 164 valence electrons. The first-order valence-electron chi connectivity index (χ1n) is 12.0. The largest absolute Gasteiger partial charge is 0.0610 e. The van der Waals surface area contributed by atoms with Crippen molar-refractivity contribution >= 4 is 32.3 Å². The summed E-state index contributed by atoms with van der Waals surface area (Å²) < 4.78 is 0. The lowest BCUT2D eigenvalue weighted by Crippen LogP contribution is -1.89. The summed E-state index contributed by atoms with van der Waals surface area (Å²) in [6.45, 7) is 8.74. The molecule has 0 amide bonds. The van der Waals surface area contributed by atoms with E-state index in [1.54, 1.807) is 0 Å². The van der Waals surface area contributed by atoms with Crippen molar-refractivity contribution in [2.45, 2.75) is 27.7 Å². The number of hydrogen-bond acceptors (Lipinski definition) is 0. The molecule has 0 heteroatoms. The van der Waals surface area contributed by atoms with Crippen molar-refractivity contribution in [3.63, 3.8) is 0 Å². The van der Waals surface area contributed by atoms with Gasteiger partial charge in [0, 0.05) is 0 Å². The van der Waals surface area contributed by atoms with Crippen molar-refractivity contribution in [1.29, 1.82) is 0 Å². The van der Waals surface area contributed by atoms with Crippen LogP contribution in [-0.4, -0.2) is 0 Å². The topological polar surface area (TPSA) is 0 Å². The maximum absolute atomic E-state index is 2.32. The predicted molar refractivity (Wildman–Crippen MR) is 149 cm³/mol. The molecule has 0 unspecified atom stereocenters. The van der Waals surface area contributed by atoms with Crippen LogP contribution in [0, 0.1) is 27.7 Å². The van der Waals surface area contributed by atoms with Crippen LogP contribution in [0.3, 0.4) is 0 Å². The standard InChI is InChI=1S/C34H28/c1-21-15-22(2)18-27(17-21)29-9-5-7-25-11-14-32-31(33(25)29)13-12-26-8-6-10-30(34(26)32)28-19-23(3)16-24(4)20-28/h5-20H,1-4H3. The van der Waals surface area contributed by atoms with Crippen LogP contribution in [0.25, 0.3) is 54.6 Å². The average molecular weight is 437 g/mol. The summed E-state index contributed by atoms with van der Waals surface area (Å²) in [6, 6.07) is 36.3. The van der Waals surface area contributed by atoms with E-state index in [2.05, 4.69) is 125 Å². The zero-order chi connectivity index (χ0) is 23.4. The third-order valence-electron chi connectivity index (χ3n) is 6.95. The van der Waals surface area contributed by atoms with Gasteiger partial charge in [0.05, 0.1) is 0 Å². The van der Waals surface area contributed by atoms with E-state index in [4.69, 9.17) is 0 Å². The molecule has 0 saturated carbocycles. The molecule has 0 aliphatic rings. The highest BCUT2D eigenvalue weighted by Gasteiger charge is 2.13. The van der Waals surface area contributed by atoms with Gasteiger partial charge in [-0.15, -0.1) is 0 Å². The van der Waals surface area contributed by atoms with E-state index in [9.17, 15) is 0 Å². The van der Waals surface area contributed by atoms with Gasteiger partial charge in [-0.05, 0) is 82.3 Å². The van der Waals surface area contributed by atoms with Crippen LogP contribution in [0.5, 0.6) is 0 Å². The molecule has 0 saturated heterocycles. The van der Waals surface area contributed by atoms with Gasteiger partial charge in [0.25, 0.3) is 0 Å². The molecule has 6 aromatic rings. The van der Waals surface area contributed by atoms with Crippen LogP contribution in [-0.2, 0) is 0 Å². The van der Waals surface area contributed by atoms with E-state index in [-0.39, 0.29) is 0 Å². The minimum atomic E-state index is 1.28. The molecule has 0 fully saturated rings. The lowest BCUT2D eigenvalue weighted by molar-refractivity contribution is 1.39. The number of fused-ring (bicyclic) bond motifs is 5. The molecule has 0 heterocycles. The Kier molecular flexibility index (Phi) is 4.78. The van der Waals surface area contributed by atoms with Crippen LogP contribution >= 0.6 is 0 Å². The fourth-order valence-electron chi connectivity index (χ4n) is 5.72. The van der Waals surface area contributed by atoms with E-state index in [1.807, 2.05) is 0 Å². The fourth-order valence-corrected chi connectivity index (χ4v) is 5.72. The van der Waals surface area contributed by atoms with Crippen LogP contribution < -0.4 is 0 Å². The minimum Gasteiger partial charge on any atom is -0.0610 e. The maximum Gasteiger partial charge on any atom is -0.00266 e. The Labute approximate surface area is 201 Å². The third kappa shape index (κ3) is 3.38. The first-order chi connectivity index (χ1) is 16.5. The SMILES string of the molecule is Cc1cc(C)cc(-c2cccc3ccc4c(ccc5cccc(-c6cc(C)cc(C)c6)c54)c23)c1. The van der Waals surface area contributed by atoms with Crippen molar-refractivity contribution in [3.05, 3.63) is 119 Å². The quantitative estimate of drug-likeness (QED) is 0.237. The van der Waals surface area contributed by atoms with E-state index < -0.39 is 0 Å². The van der Waals surface area contributed by atoms with Crippen LogP contribution in [0.2, 0.25) is 0 Å². The first kappa shape index (κ1) is 20.7. The van der Waals surface area contributed by atoms with Crippen molar-refractivity contribution < 1.29 is 0 Å². The number of hydrogen-bond donors (Lipinski definition) is 0. The maximum atomic E-state index is 2.32. The molecule has 0 spiro atoms. The third-order valence-corrected chi connectivity index (χ3v) is 6.95. The summed E-state index contributed by atoms with van der Waals surface area (Å²) in [7, 11) is 0. The molecule has 0 bridgehead atoms. The van der Waals surface area contributed by atoms with Gasteiger partial charge in [-0.25, -0.2) is 0 Å². The second-order valence-corrected chi connectivity index (χ2v) is 9.79. The Morgan fingerprint density at radius 3 is 1.15 bits per heavy atom. The Balaban J connectivity index is 1.74. The van der Waals surface area contributed by atoms with Crippen molar-refractivity contribution in [2.75, 3.05) is 0 Å². The molecular weight excluding hydrogens is 408 g/mol. The highest BCUT2D eigenvalue weighted by Crippen LogP contribution is 2.40. The van der Waals surface area contributed by atoms with Crippen LogP contribution in [0.15, 0.2) is 97.1 Å². The Hall–Kier alpha value is -3.90. The number of rotatable bonds is 2. The number of benzene rings is 6. The molecule has 0 aliphatic carbocycles. The zero-order valence-electron chi connectivity index (χ0n) is 20.2. The van der Waals surface area contributed by atoms with Gasteiger partial charge in [0.2, 0.25) is 0 Å². The summed E-state index contributed by atoms with van der Waals surface area (Å²) in [6.07, 6.45) is 0. The van der Waals surface area contributed by atoms with Gasteiger partial charge in [-0.2, -0.15) is 0 Å². The highest BCUT2D eigenvalue weighted by atomic mass is 14.2. The summed E-state index contributed by atoms with van der Waals surface area (Å²) in [5, 5.41) is 7.87. The molecule has 0 aromatic heterocycles. The van der Waals surface area contributed by atoms with Gasteiger partial charge < -0.3 is 0 Å². The molecule has 6 aromatic carbocycles. The molecule has 0 atom stereocenters. The van der Waals surface area contributed by atoms with Gasteiger partial charge in [0.15, 0.2) is 0 Å². The monoisotopic (exact) mass is 436 g/mol. The first-order valence-corrected chi connectivity index (χ1v) is 12.0. The van der Waals surface area contributed by atoms with E-state index in [0.29, 0.717) is 0 Å². The van der Waals surface area contributed by atoms with Crippen molar-refractivity contribution in [2.24, 2.45) is 0 Å². The van der Waals surface area contributed by atoms with Crippen LogP contribution in [0.4, 0.5) is 0 Å². The van der Waals surface area contributed by atoms with Gasteiger partial charge in [-0.1, -0.05) is 119 Å². The average Bonchev–Trinajstić information content (AvgIpc) is 2.81. The summed E-state index contributed by atoms with van der Waals surface area (Å²) >= 11 is 0. The second kappa shape index (κ2) is 7.85. The zero-order valence-corrected chi connectivity index (χ0v) is 20.2. The minimum absolute atomic E-state index is 1.28. The smallest absolute Gasteiger partial charge is 0.00266 e. The molecule has 6 rings (SSSR count). The highest BCUT2D eigenvalue weighted by molar-refractivity contribution is 6.23. The Bertz CT molecular complexity index is 1560. The predicted octanol–water partition coefficient (Wildman–Crippen LogP) is 9.71. The molecular formula is C34H28. The lowest BCUT2D eigenvalue weighted by atomic mass is 9.88.